The lowest BCUT2D eigenvalue weighted by Gasteiger charge is -2.12. The van der Waals surface area contributed by atoms with Crippen molar-refractivity contribution < 1.29 is 23.9 Å². The highest BCUT2D eigenvalue weighted by Crippen LogP contribution is 2.37. The summed E-state index contributed by atoms with van der Waals surface area (Å²) in [5, 5.41) is 2.90. The van der Waals surface area contributed by atoms with Crippen LogP contribution in [0.4, 0.5) is 16.2 Å². The lowest BCUT2D eigenvalue weighted by atomic mass is 10.2. The number of nitrogens with zero attached hydrogens (tertiary/aromatic N) is 1. The van der Waals surface area contributed by atoms with Gasteiger partial charge in [-0.15, -0.1) is 0 Å². The molecule has 0 aromatic heterocycles. The largest absolute Gasteiger partial charge is 0.493 e. The number of benzene rings is 3. The molecule has 0 spiro atoms. The highest BCUT2D eigenvalue weighted by Gasteiger charge is 2.36. The molecule has 0 aliphatic carbocycles. The fourth-order valence-electron chi connectivity index (χ4n) is 3.39. The van der Waals surface area contributed by atoms with E-state index in [9.17, 15) is 14.4 Å². The first-order chi connectivity index (χ1) is 16.8. The van der Waals surface area contributed by atoms with Crippen molar-refractivity contribution >= 4 is 57.9 Å². The Morgan fingerprint density at radius 3 is 2.54 bits per heavy atom. The van der Waals surface area contributed by atoms with Gasteiger partial charge in [0.2, 0.25) is 0 Å². The molecule has 0 saturated carbocycles. The van der Waals surface area contributed by atoms with Gasteiger partial charge in [0.15, 0.2) is 18.1 Å². The van der Waals surface area contributed by atoms with Gasteiger partial charge in [0, 0.05) is 10.7 Å². The van der Waals surface area contributed by atoms with Gasteiger partial charge in [-0.25, -0.2) is 4.90 Å². The van der Waals surface area contributed by atoms with Gasteiger partial charge in [0.05, 0.1) is 17.7 Å². The van der Waals surface area contributed by atoms with Crippen LogP contribution in [0.5, 0.6) is 11.5 Å². The Labute approximate surface area is 211 Å². The van der Waals surface area contributed by atoms with Crippen molar-refractivity contribution in [3.63, 3.8) is 0 Å². The molecule has 3 amide bonds. The number of hydrogen-bond acceptors (Lipinski definition) is 6. The van der Waals surface area contributed by atoms with E-state index in [2.05, 4.69) is 5.32 Å². The number of nitrogens with one attached hydrogen (secondary N) is 1. The summed E-state index contributed by atoms with van der Waals surface area (Å²) < 4.78 is 11.0. The van der Waals surface area contributed by atoms with E-state index in [0.717, 1.165) is 22.2 Å². The van der Waals surface area contributed by atoms with E-state index in [0.29, 0.717) is 33.5 Å². The van der Waals surface area contributed by atoms with E-state index in [1.165, 1.54) is 7.11 Å². The Kier molecular flexibility index (Phi) is 7.43. The lowest BCUT2D eigenvalue weighted by molar-refractivity contribution is -0.118. The topological polar surface area (TPSA) is 84.9 Å². The number of aryl methyl sites for hydroxylation is 1. The van der Waals surface area contributed by atoms with E-state index in [4.69, 9.17) is 21.1 Å². The van der Waals surface area contributed by atoms with Crippen molar-refractivity contribution in [2.24, 2.45) is 0 Å². The van der Waals surface area contributed by atoms with Crippen LogP contribution in [-0.4, -0.2) is 30.8 Å². The second-order valence-corrected chi connectivity index (χ2v) is 9.04. The van der Waals surface area contributed by atoms with Gasteiger partial charge in [-0.1, -0.05) is 29.8 Å². The molecule has 1 saturated heterocycles. The molecule has 1 aliphatic rings. The number of carbonyl (C=O) groups excluding carboxylic acids is 3. The number of hydrogen-bond donors (Lipinski definition) is 1. The number of imide groups is 1. The highest BCUT2D eigenvalue weighted by molar-refractivity contribution is 8.19. The number of ether oxygens (including phenoxy) is 2. The summed E-state index contributed by atoms with van der Waals surface area (Å²) in [6.45, 7) is 1.74. The molecular weight excluding hydrogens is 488 g/mol. The number of carbonyl (C=O) groups is 3. The Hall–Kier alpha value is -3.75. The van der Waals surface area contributed by atoms with Gasteiger partial charge in [0.25, 0.3) is 17.1 Å². The molecule has 7 nitrogen and oxygen atoms in total. The molecule has 0 atom stereocenters. The minimum atomic E-state index is -0.422. The molecular formula is C26H21ClN2O5S. The van der Waals surface area contributed by atoms with Crippen molar-refractivity contribution in [1.82, 2.24) is 0 Å². The van der Waals surface area contributed by atoms with E-state index < -0.39 is 11.1 Å². The SMILES string of the molecule is COc1cc(/C=C2\SC(=O)N(c3ccc(Cl)cc3)C2=O)ccc1OCC(=O)Nc1cccc(C)c1. The molecule has 1 N–H and O–H groups in total. The third kappa shape index (κ3) is 5.85. The zero-order chi connectivity index (χ0) is 24.9. The first-order valence-corrected chi connectivity index (χ1v) is 11.7. The third-order valence-electron chi connectivity index (χ3n) is 5.02. The van der Waals surface area contributed by atoms with Gasteiger partial charge in [-0.05, 0) is 84.4 Å². The average molecular weight is 509 g/mol. The molecule has 0 unspecified atom stereocenters. The number of rotatable bonds is 7. The van der Waals surface area contributed by atoms with E-state index in [1.807, 2.05) is 25.1 Å². The lowest BCUT2D eigenvalue weighted by Crippen LogP contribution is -2.27. The highest BCUT2D eigenvalue weighted by atomic mass is 35.5. The quantitative estimate of drug-likeness (QED) is 0.399. The summed E-state index contributed by atoms with van der Waals surface area (Å²) in [5.74, 6) is 0.0318. The van der Waals surface area contributed by atoms with Crippen LogP contribution in [0, 0.1) is 6.92 Å². The molecule has 1 aliphatic heterocycles. The molecule has 35 heavy (non-hydrogen) atoms. The fourth-order valence-corrected chi connectivity index (χ4v) is 4.36. The minimum Gasteiger partial charge on any atom is -0.493 e. The number of anilines is 2. The van der Waals surface area contributed by atoms with Gasteiger partial charge >= 0.3 is 0 Å². The molecule has 9 heteroatoms. The number of thioether (sulfide) groups is 1. The Morgan fingerprint density at radius 2 is 1.83 bits per heavy atom. The second kappa shape index (κ2) is 10.7. The predicted molar refractivity (Wildman–Crippen MR) is 138 cm³/mol. The molecule has 0 bridgehead atoms. The summed E-state index contributed by atoms with van der Waals surface area (Å²) in [6.07, 6.45) is 1.61. The second-order valence-electron chi connectivity index (χ2n) is 7.61. The van der Waals surface area contributed by atoms with Crippen molar-refractivity contribution in [1.29, 1.82) is 0 Å². The van der Waals surface area contributed by atoms with Crippen molar-refractivity contribution in [2.45, 2.75) is 6.92 Å². The van der Waals surface area contributed by atoms with Crippen LogP contribution >= 0.6 is 23.4 Å². The molecule has 178 valence electrons. The maximum Gasteiger partial charge on any atom is 0.298 e. The van der Waals surface area contributed by atoms with Gasteiger partial charge < -0.3 is 14.8 Å². The summed E-state index contributed by atoms with van der Waals surface area (Å²) >= 11 is 6.75. The van der Waals surface area contributed by atoms with Crippen molar-refractivity contribution in [3.05, 3.63) is 87.8 Å². The van der Waals surface area contributed by atoms with Gasteiger partial charge in [-0.3, -0.25) is 14.4 Å². The van der Waals surface area contributed by atoms with Gasteiger partial charge in [-0.2, -0.15) is 0 Å². The molecule has 0 radical (unpaired) electrons. The first-order valence-electron chi connectivity index (χ1n) is 10.5. The number of amides is 3. The van der Waals surface area contributed by atoms with Crippen LogP contribution in [0.3, 0.4) is 0 Å². The molecule has 3 aromatic rings. The zero-order valence-electron chi connectivity index (χ0n) is 18.9. The Bertz CT molecular complexity index is 1320. The van der Waals surface area contributed by atoms with Crippen LogP contribution in [0.1, 0.15) is 11.1 Å². The fraction of sp³-hybridized carbons (Fsp3) is 0.115. The number of methoxy groups -OCH3 is 1. The standard InChI is InChI=1S/C26H21ClN2O5S/c1-16-4-3-5-19(12-16)28-24(30)15-34-21-11-6-17(13-22(21)33-2)14-23-25(31)29(26(32)35-23)20-9-7-18(27)8-10-20/h3-14H,15H2,1-2H3,(H,28,30)/b23-14-. The number of halogens is 1. The van der Waals surface area contributed by atoms with Gasteiger partial charge in [0.1, 0.15) is 0 Å². The smallest absolute Gasteiger partial charge is 0.298 e. The zero-order valence-corrected chi connectivity index (χ0v) is 20.5. The molecule has 4 rings (SSSR count). The Balaban J connectivity index is 1.45. The maximum absolute atomic E-state index is 12.9. The molecule has 1 fully saturated rings. The van der Waals surface area contributed by atoms with E-state index in [1.54, 1.807) is 54.6 Å². The minimum absolute atomic E-state index is 0.205. The van der Waals surface area contributed by atoms with E-state index in [-0.39, 0.29) is 17.4 Å². The summed E-state index contributed by atoms with van der Waals surface area (Å²) in [5.41, 5.74) is 2.81. The normalized spacial score (nSPS) is 14.4. The first kappa shape index (κ1) is 24.4. The molecule has 3 aromatic carbocycles. The monoisotopic (exact) mass is 508 g/mol. The summed E-state index contributed by atoms with van der Waals surface area (Å²) in [4.78, 5) is 39.0. The summed E-state index contributed by atoms with van der Waals surface area (Å²) in [7, 11) is 1.48. The van der Waals surface area contributed by atoms with Crippen LogP contribution < -0.4 is 19.7 Å². The molecule has 1 heterocycles. The van der Waals surface area contributed by atoms with Crippen LogP contribution in [0.15, 0.2) is 71.6 Å². The summed E-state index contributed by atoms with van der Waals surface area (Å²) in [6, 6.07) is 19.0. The van der Waals surface area contributed by atoms with Crippen LogP contribution in [0.25, 0.3) is 6.08 Å². The van der Waals surface area contributed by atoms with Crippen molar-refractivity contribution in [3.8, 4) is 11.5 Å². The maximum atomic E-state index is 12.9. The van der Waals surface area contributed by atoms with Crippen LogP contribution in [0.2, 0.25) is 5.02 Å². The van der Waals surface area contributed by atoms with E-state index >= 15 is 0 Å². The predicted octanol–water partition coefficient (Wildman–Crippen LogP) is 5.92. The Morgan fingerprint density at radius 1 is 1.06 bits per heavy atom. The third-order valence-corrected chi connectivity index (χ3v) is 6.15. The average Bonchev–Trinajstić information content (AvgIpc) is 3.11. The van der Waals surface area contributed by atoms with Crippen molar-refractivity contribution in [2.75, 3.05) is 23.9 Å². The van der Waals surface area contributed by atoms with Crippen LogP contribution in [-0.2, 0) is 9.59 Å².